The van der Waals surface area contributed by atoms with Gasteiger partial charge in [-0.05, 0) is 59.4 Å². The highest BCUT2D eigenvalue weighted by Crippen LogP contribution is 2.44. The minimum absolute atomic E-state index is 0.0639. The summed E-state index contributed by atoms with van der Waals surface area (Å²) in [6, 6.07) is 20.6. The number of carbonyl (C=O) groups is 1. The fourth-order valence-corrected chi connectivity index (χ4v) is 4.27. The molecule has 0 saturated carbocycles. The molecular weight excluding hydrogens is 398 g/mol. The first-order chi connectivity index (χ1) is 15.6. The van der Waals surface area contributed by atoms with Crippen molar-refractivity contribution in [3.05, 3.63) is 88.5 Å². The number of carbonyl (C=O) groups excluding carboxylic acids is 1. The molecule has 1 N–H and O–H groups in total. The third-order valence-corrected chi connectivity index (χ3v) is 5.82. The quantitative estimate of drug-likeness (QED) is 0.428. The van der Waals surface area contributed by atoms with Gasteiger partial charge in [-0.1, -0.05) is 60.4 Å². The van der Waals surface area contributed by atoms with E-state index in [2.05, 4.69) is 41.4 Å². The third kappa shape index (κ3) is 4.48. The molecule has 1 aliphatic carbocycles. The van der Waals surface area contributed by atoms with Gasteiger partial charge in [0.05, 0.1) is 7.11 Å². The fourth-order valence-electron chi connectivity index (χ4n) is 4.27. The number of methoxy groups -OCH3 is 1. The van der Waals surface area contributed by atoms with Gasteiger partial charge < -0.3 is 14.8 Å². The molecular formula is C28H27NO3. The highest BCUT2D eigenvalue weighted by atomic mass is 16.5. The lowest BCUT2D eigenvalue weighted by atomic mass is 9.98. The van der Waals surface area contributed by atoms with Gasteiger partial charge in [-0.15, -0.1) is 0 Å². The van der Waals surface area contributed by atoms with Crippen molar-refractivity contribution in [3.8, 4) is 28.7 Å². The fraction of sp³-hybridized carbons (Fsp3) is 0.250. The monoisotopic (exact) mass is 425 g/mol. The number of hydrogen-bond acceptors (Lipinski definition) is 3. The van der Waals surface area contributed by atoms with Crippen LogP contribution >= 0.6 is 0 Å². The number of nitrogens with one attached hydrogen (secondary N) is 1. The largest absolute Gasteiger partial charge is 0.497 e. The van der Waals surface area contributed by atoms with Gasteiger partial charge in [-0.2, -0.15) is 0 Å². The van der Waals surface area contributed by atoms with E-state index in [-0.39, 0.29) is 5.92 Å². The molecule has 0 atom stereocenters. The third-order valence-electron chi connectivity index (χ3n) is 5.82. The SMILES string of the molecule is COc1cc(C)c(C#CCCNC(=O)OCC2c3ccccc3-c3ccccc32)c(C)c1. The molecule has 0 radical (unpaired) electrons. The van der Waals surface area contributed by atoms with Gasteiger partial charge in [0.2, 0.25) is 0 Å². The molecule has 1 amide bonds. The summed E-state index contributed by atoms with van der Waals surface area (Å²) in [6.07, 6.45) is 0.139. The predicted octanol–water partition coefficient (Wildman–Crippen LogP) is 5.59. The Morgan fingerprint density at radius 3 is 2.16 bits per heavy atom. The van der Waals surface area contributed by atoms with Crippen LogP contribution in [0.3, 0.4) is 0 Å². The molecule has 0 unspecified atom stereocenters. The zero-order valence-corrected chi connectivity index (χ0v) is 18.7. The van der Waals surface area contributed by atoms with Crippen LogP contribution in [0.25, 0.3) is 11.1 Å². The summed E-state index contributed by atoms with van der Waals surface area (Å²) in [6.45, 7) is 4.80. The van der Waals surface area contributed by atoms with Gasteiger partial charge >= 0.3 is 6.09 Å². The van der Waals surface area contributed by atoms with E-state index < -0.39 is 6.09 Å². The van der Waals surface area contributed by atoms with Crippen LogP contribution in [-0.4, -0.2) is 26.4 Å². The zero-order chi connectivity index (χ0) is 22.5. The number of fused-ring (bicyclic) bond motifs is 3. The van der Waals surface area contributed by atoms with E-state index in [4.69, 9.17) is 9.47 Å². The molecule has 162 valence electrons. The van der Waals surface area contributed by atoms with Crippen molar-refractivity contribution >= 4 is 6.09 Å². The van der Waals surface area contributed by atoms with Crippen molar-refractivity contribution in [1.29, 1.82) is 0 Å². The van der Waals surface area contributed by atoms with Gasteiger partial charge in [-0.25, -0.2) is 4.79 Å². The Labute approximate surface area is 189 Å². The maximum atomic E-state index is 12.2. The van der Waals surface area contributed by atoms with Crippen LogP contribution in [0, 0.1) is 25.7 Å². The molecule has 4 rings (SSSR count). The minimum Gasteiger partial charge on any atom is -0.497 e. The Balaban J connectivity index is 1.30. The number of hydrogen-bond donors (Lipinski definition) is 1. The summed E-state index contributed by atoms with van der Waals surface area (Å²) in [5.41, 5.74) is 8.02. The maximum Gasteiger partial charge on any atom is 0.407 e. The second-order valence-electron chi connectivity index (χ2n) is 7.94. The molecule has 0 spiro atoms. The van der Waals surface area contributed by atoms with Gasteiger partial charge in [0, 0.05) is 24.4 Å². The molecule has 1 aliphatic rings. The normalized spacial score (nSPS) is 11.7. The number of ether oxygens (including phenoxy) is 2. The van der Waals surface area contributed by atoms with Crippen LogP contribution in [-0.2, 0) is 4.74 Å². The molecule has 0 saturated heterocycles. The Hall–Kier alpha value is -3.71. The van der Waals surface area contributed by atoms with Crippen LogP contribution in [0.15, 0.2) is 60.7 Å². The second-order valence-corrected chi connectivity index (χ2v) is 7.94. The first kappa shape index (κ1) is 21.5. The lowest BCUT2D eigenvalue weighted by Gasteiger charge is -2.14. The van der Waals surface area contributed by atoms with Crippen LogP contribution in [0.4, 0.5) is 4.79 Å². The summed E-state index contributed by atoms with van der Waals surface area (Å²) in [5, 5.41) is 2.80. The van der Waals surface area contributed by atoms with Crippen molar-refractivity contribution in [2.75, 3.05) is 20.3 Å². The Morgan fingerprint density at radius 2 is 1.56 bits per heavy atom. The van der Waals surface area contributed by atoms with Crippen molar-refractivity contribution in [2.24, 2.45) is 0 Å². The average molecular weight is 426 g/mol. The summed E-state index contributed by atoms with van der Waals surface area (Å²) in [7, 11) is 1.66. The Kier molecular flexibility index (Phi) is 6.47. The van der Waals surface area contributed by atoms with Crippen molar-refractivity contribution in [3.63, 3.8) is 0 Å². The maximum absolute atomic E-state index is 12.2. The number of amides is 1. The van der Waals surface area contributed by atoms with Crippen LogP contribution in [0.2, 0.25) is 0 Å². The van der Waals surface area contributed by atoms with Gasteiger partial charge in [0.25, 0.3) is 0 Å². The van der Waals surface area contributed by atoms with E-state index >= 15 is 0 Å². The summed E-state index contributed by atoms with van der Waals surface area (Å²) in [5.74, 6) is 7.25. The topological polar surface area (TPSA) is 47.6 Å². The highest BCUT2D eigenvalue weighted by molar-refractivity contribution is 5.79. The molecule has 0 aromatic heterocycles. The summed E-state index contributed by atoms with van der Waals surface area (Å²) < 4.78 is 10.8. The Morgan fingerprint density at radius 1 is 0.969 bits per heavy atom. The van der Waals surface area contributed by atoms with E-state index in [0.717, 1.165) is 22.4 Å². The number of aryl methyl sites for hydroxylation is 2. The van der Waals surface area contributed by atoms with E-state index in [1.807, 2.05) is 50.2 Å². The first-order valence-corrected chi connectivity index (χ1v) is 10.8. The molecule has 0 fully saturated rings. The lowest BCUT2D eigenvalue weighted by Crippen LogP contribution is -2.26. The van der Waals surface area contributed by atoms with Gasteiger partial charge in [-0.3, -0.25) is 0 Å². The van der Waals surface area contributed by atoms with Gasteiger partial charge in [0.1, 0.15) is 12.4 Å². The second kappa shape index (κ2) is 9.62. The minimum atomic E-state index is -0.412. The summed E-state index contributed by atoms with van der Waals surface area (Å²) >= 11 is 0. The van der Waals surface area contributed by atoms with E-state index in [9.17, 15) is 4.79 Å². The first-order valence-electron chi connectivity index (χ1n) is 10.8. The van der Waals surface area contributed by atoms with Crippen molar-refractivity contribution < 1.29 is 14.3 Å². The zero-order valence-electron chi connectivity index (χ0n) is 18.7. The van der Waals surface area contributed by atoms with Gasteiger partial charge in [0.15, 0.2) is 0 Å². The molecule has 3 aromatic carbocycles. The molecule has 0 aliphatic heterocycles. The number of benzene rings is 3. The van der Waals surface area contributed by atoms with Crippen LogP contribution in [0.1, 0.15) is 40.2 Å². The highest BCUT2D eigenvalue weighted by Gasteiger charge is 2.28. The number of rotatable bonds is 5. The van der Waals surface area contributed by atoms with Crippen molar-refractivity contribution in [1.82, 2.24) is 5.32 Å². The lowest BCUT2D eigenvalue weighted by molar-refractivity contribution is 0.143. The summed E-state index contributed by atoms with van der Waals surface area (Å²) in [4.78, 5) is 12.2. The van der Waals surface area contributed by atoms with Crippen molar-refractivity contribution in [2.45, 2.75) is 26.2 Å². The molecule has 0 bridgehead atoms. The molecule has 4 nitrogen and oxygen atoms in total. The molecule has 32 heavy (non-hydrogen) atoms. The van der Waals surface area contributed by atoms with E-state index in [1.165, 1.54) is 22.3 Å². The average Bonchev–Trinajstić information content (AvgIpc) is 3.12. The van der Waals surface area contributed by atoms with E-state index in [0.29, 0.717) is 19.6 Å². The van der Waals surface area contributed by atoms with Crippen LogP contribution < -0.4 is 10.1 Å². The Bertz CT molecular complexity index is 1130. The van der Waals surface area contributed by atoms with Crippen LogP contribution in [0.5, 0.6) is 5.75 Å². The molecule has 0 heterocycles. The number of alkyl carbamates (subject to hydrolysis) is 1. The predicted molar refractivity (Wildman–Crippen MR) is 127 cm³/mol. The molecule has 4 heteroatoms. The smallest absolute Gasteiger partial charge is 0.407 e. The molecule has 3 aromatic rings. The standard InChI is InChI=1S/C28H27NO3/c1-19-16-21(31-3)17-20(2)22(19)10-8-9-15-29-28(30)32-18-27-25-13-6-4-11-23(25)24-12-5-7-14-26(24)27/h4-7,11-14,16-17,27H,9,15,18H2,1-3H3,(H,29,30). The van der Waals surface area contributed by atoms with E-state index in [1.54, 1.807) is 7.11 Å².